The first-order valence-electron chi connectivity index (χ1n) is 2.68. The molecule has 0 unspecified atom stereocenters. The Balaban J connectivity index is 2.34. The van der Waals surface area contributed by atoms with E-state index in [1.54, 1.807) is 0 Å². The molecule has 48 valence electrons. The van der Waals surface area contributed by atoms with Gasteiger partial charge in [-0.25, -0.2) is 0 Å². The number of hydrogen-bond acceptors (Lipinski definition) is 3. The second-order valence-corrected chi connectivity index (χ2v) is 17.6. The van der Waals surface area contributed by atoms with E-state index in [-0.39, 0.29) is 47.6 Å². The molecule has 0 N–H and O–H groups in total. The molecule has 6 radical (unpaired) electrons. The third-order valence-electron chi connectivity index (χ3n) is 0.900. The Kier molecular flexibility index (Phi) is 3.61. The summed E-state index contributed by atoms with van der Waals surface area (Å²) in [5.41, 5.74) is 0. The molecule has 1 aliphatic heterocycles. The molecule has 1 saturated heterocycles. The van der Waals surface area contributed by atoms with Gasteiger partial charge in [-0.15, -0.1) is 0 Å². The van der Waals surface area contributed by atoms with Crippen molar-refractivity contribution in [3.63, 3.8) is 0 Å². The van der Waals surface area contributed by atoms with Crippen LogP contribution in [-0.4, -0.2) is 77.2 Å². The molecule has 1 fully saturated rings. The van der Waals surface area contributed by atoms with E-state index in [9.17, 15) is 0 Å². The van der Waals surface area contributed by atoms with Crippen LogP contribution in [0.5, 0.6) is 0 Å². The van der Waals surface area contributed by atoms with Crippen molar-refractivity contribution in [3.05, 3.63) is 0 Å². The molecule has 0 amide bonds. The summed E-state index contributed by atoms with van der Waals surface area (Å²) in [4.78, 5) is 0. The first-order valence-corrected chi connectivity index (χ1v) is 8.31. The van der Waals surface area contributed by atoms with E-state index >= 15 is 0 Å². The van der Waals surface area contributed by atoms with Crippen LogP contribution in [0, 0.1) is 0 Å². The zero-order valence-corrected chi connectivity index (χ0v) is 12.1. The zero-order chi connectivity index (χ0) is 6.85. The summed E-state index contributed by atoms with van der Waals surface area (Å²) >= 11 is 0.526. The summed E-state index contributed by atoms with van der Waals surface area (Å²) in [6, 6.07) is 0. The van der Waals surface area contributed by atoms with Crippen molar-refractivity contribution in [2.45, 2.75) is 0 Å². The van der Waals surface area contributed by atoms with Crippen molar-refractivity contribution >= 4 is 47.6 Å². The molecule has 9 heavy (non-hydrogen) atoms. The van der Waals surface area contributed by atoms with Gasteiger partial charge in [-0.3, -0.25) is 0 Å². The molecule has 0 spiro atoms. The molecular formula is C3H9Ge3N3. The maximum absolute atomic E-state index is 2.56. The minimum absolute atomic E-state index is 0.175. The third-order valence-corrected chi connectivity index (χ3v) is 11.2. The van der Waals surface area contributed by atoms with Gasteiger partial charge in [0.1, 0.15) is 0 Å². The predicted octanol–water partition coefficient (Wildman–Crippen LogP) is -1.60. The van der Waals surface area contributed by atoms with Crippen molar-refractivity contribution in [1.29, 1.82) is 0 Å². The summed E-state index contributed by atoms with van der Waals surface area (Å²) in [5, 5.41) is 0. The molecule has 6 heteroatoms. The second kappa shape index (κ2) is 3.77. The molecule has 0 atom stereocenters. The van der Waals surface area contributed by atoms with Crippen LogP contribution in [0.25, 0.3) is 0 Å². The summed E-state index contributed by atoms with van der Waals surface area (Å²) in [7, 11) is 6.79. The molecule has 0 bridgehead atoms. The molecule has 0 aromatic carbocycles. The van der Waals surface area contributed by atoms with Gasteiger partial charge in [0.15, 0.2) is 0 Å². The van der Waals surface area contributed by atoms with Crippen LogP contribution >= 0.6 is 0 Å². The number of nitrogens with zero attached hydrogens (tertiary/aromatic N) is 3. The van der Waals surface area contributed by atoms with Gasteiger partial charge >= 0.3 is 77.2 Å². The van der Waals surface area contributed by atoms with Gasteiger partial charge in [-0.2, -0.15) is 0 Å². The second-order valence-electron chi connectivity index (χ2n) is 1.98. The zero-order valence-electron chi connectivity index (χ0n) is 5.84. The third kappa shape index (κ3) is 2.94. The molecule has 0 aromatic heterocycles. The molecule has 1 heterocycles. The molecule has 1 aliphatic rings. The molecule has 0 saturated carbocycles. The molecule has 1 rings (SSSR count). The van der Waals surface area contributed by atoms with E-state index in [4.69, 9.17) is 0 Å². The van der Waals surface area contributed by atoms with Crippen LogP contribution in [0.4, 0.5) is 0 Å². The van der Waals surface area contributed by atoms with Gasteiger partial charge in [0.25, 0.3) is 0 Å². The van der Waals surface area contributed by atoms with Crippen LogP contribution in [-0.2, 0) is 0 Å². The predicted molar refractivity (Wildman–Crippen MR) is 40.6 cm³/mol. The minimum atomic E-state index is 0.175. The van der Waals surface area contributed by atoms with E-state index in [0.717, 1.165) is 0 Å². The fraction of sp³-hybridized carbons (Fsp3) is 1.00. The first-order chi connectivity index (χ1) is 4.18. The molecule has 0 aliphatic carbocycles. The Morgan fingerprint density at radius 2 is 0.889 bits per heavy atom. The Morgan fingerprint density at radius 3 is 1.11 bits per heavy atom. The molecular weight excluding hydrogens is 296 g/mol. The topological polar surface area (TPSA) is 9.72 Å². The van der Waals surface area contributed by atoms with Gasteiger partial charge in [0.2, 0.25) is 0 Å². The van der Waals surface area contributed by atoms with Gasteiger partial charge < -0.3 is 0 Å². The SMILES string of the molecule is C[N]1[Ge][N](C)[Ge][N](C)[Ge]1. The summed E-state index contributed by atoms with van der Waals surface area (Å²) in [5.74, 6) is 0. The van der Waals surface area contributed by atoms with Crippen LogP contribution in [0.1, 0.15) is 0 Å². The summed E-state index contributed by atoms with van der Waals surface area (Å²) < 4.78 is 7.69. The Labute approximate surface area is 76.9 Å². The van der Waals surface area contributed by atoms with Gasteiger partial charge in [0, 0.05) is 0 Å². The Hall–Kier alpha value is 1.51. The fourth-order valence-corrected chi connectivity index (χ4v) is 22.0. The molecule has 0 aromatic rings. The van der Waals surface area contributed by atoms with Gasteiger partial charge in [-0.05, 0) is 0 Å². The van der Waals surface area contributed by atoms with Crippen molar-refractivity contribution in [1.82, 2.24) is 8.44 Å². The summed E-state index contributed by atoms with van der Waals surface area (Å²) in [6.07, 6.45) is 0. The van der Waals surface area contributed by atoms with E-state index in [1.165, 1.54) is 0 Å². The maximum atomic E-state index is 2.56. The van der Waals surface area contributed by atoms with Crippen molar-refractivity contribution < 1.29 is 0 Å². The first kappa shape index (κ1) is 8.60. The average molecular weight is 305 g/mol. The van der Waals surface area contributed by atoms with E-state index < -0.39 is 0 Å². The Bertz CT molecular complexity index is 75.3. The van der Waals surface area contributed by atoms with Gasteiger partial charge in [-0.1, -0.05) is 0 Å². The van der Waals surface area contributed by atoms with E-state index in [2.05, 4.69) is 29.6 Å². The quantitative estimate of drug-likeness (QED) is 0.499. The fourth-order valence-electron chi connectivity index (χ4n) is 0.742. The van der Waals surface area contributed by atoms with Crippen LogP contribution < -0.4 is 0 Å². The summed E-state index contributed by atoms with van der Waals surface area (Å²) in [6.45, 7) is 0. The molecule has 3 nitrogen and oxygen atoms in total. The van der Waals surface area contributed by atoms with Crippen molar-refractivity contribution in [3.8, 4) is 0 Å². The van der Waals surface area contributed by atoms with Crippen LogP contribution in [0.3, 0.4) is 0 Å². The number of hydrogen-bond donors (Lipinski definition) is 0. The van der Waals surface area contributed by atoms with Crippen LogP contribution in [0.15, 0.2) is 0 Å². The van der Waals surface area contributed by atoms with Crippen molar-refractivity contribution in [2.75, 3.05) is 21.1 Å². The average Bonchev–Trinajstić information content (AvgIpc) is 1.59. The van der Waals surface area contributed by atoms with Gasteiger partial charge in [0.05, 0.1) is 0 Å². The van der Waals surface area contributed by atoms with Crippen molar-refractivity contribution in [2.24, 2.45) is 0 Å². The standard InChI is InChI=1S/C3H9Ge3N3/c1-7-4-8(2)6-9(3)5-7/h1-3H3. The van der Waals surface area contributed by atoms with E-state index in [0.29, 0.717) is 0 Å². The Morgan fingerprint density at radius 1 is 0.667 bits per heavy atom. The van der Waals surface area contributed by atoms with Crippen LogP contribution in [0.2, 0.25) is 0 Å². The monoisotopic (exact) mass is 309 g/mol. The number of rotatable bonds is 0. The normalized spacial score (nSPS) is 27.0. The van der Waals surface area contributed by atoms with E-state index in [1.807, 2.05) is 0 Å².